The Morgan fingerprint density at radius 1 is 1.10 bits per heavy atom. The maximum absolute atomic E-state index is 12.8. The van der Waals surface area contributed by atoms with Crippen LogP contribution in [0, 0.1) is 0 Å². The Morgan fingerprint density at radius 2 is 1.90 bits per heavy atom. The molecule has 2 aliphatic carbocycles. The van der Waals surface area contributed by atoms with Crippen molar-refractivity contribution in [2.45, 2.75) is 50.5 Å². The van der Waals surface area contributed by atoms with E-state index in [1.807, 2.05) is 17.5 Å². The van der Waals surface area contributed by atoms with E-state index in [4.69, 9.17) is 0 Å². The molecule has 31 heavy (non-hydrogen) atoms. The predicted octanol–water partition coefficient (Wildman–Crippen LogP) is 4.95. The van der Waals surface area contributed by atoms with Gasteiger partial charge in [0.1, 0.15) is 5.75 Å². The molecule has 1 aromatic carbocycles. The van der Waals surface area contributed by atoms with Gasteiger partial charge in [-0.1, -0.05) is 18.9 Å². The first-order valence-electron chi connectivity index (χ1n) is 10.7. The number of carbonyl (C=O) groups is 2. The minimum absolute atomic E-state index is 0.00852. The number of carbonyl (C=O) groups excluding carboxylic acids is 2. The smallest absolute Gasteiger partial charge is 0.342 e. The zero-order valence-corrected chi connectivity index (χ0v) is 17.8. The van der Waals surface area contributed by atoms with Crippen LogP contribution in [-0.2, 0) is 0 Å². The topological polar surface area (TPSA) is 96.3 Å². The molecule has 2 aromatic heterocycles. The highest BCUT2D eigenvalue weighted by molar-refractivity contribution is 7.12. The zero-order valence-electron chi connectivity index (χ0n) is 17.0. The largest absolute Gasteiger partial charge is 0.507 e. The number of hydrogen-bond acceptors (Lipinski definition) is 5. The predicted molar refractivity (Wildman–Crippen MR) is 120 cm³/mol. The third-order valence-electron chi connectivity index (χ3n) is 5.88. The van der Waals surface area contributed by atoms with Crippen molar-refractivity contribution in [2.75, 3.05) is 5.32 Å². The molecule has 2 aliphatic rings. The molecule has 0 spiro atoms. The van der Waals surface area contributed by atoms with E-state index < -0.39 is 0 Å². The van der Waals surface area contributed by atoms with Crippen LogP contribution in [0.2, 0.25) is 0 Å². The fourth-order valence-electron chi connectivity index (χ4n) is 4.09. The second-order valence-electron chi connectivity index (χ2n) is 8.23. The van der Waals surface area contributed by atoms with Crippen LogP contribution in [0.5, 0.6) is 5.75 Å². The van der Waals surface area contributed by atoms with Gasteiger partial charge in [-0.3, -0.25) is 4.79 Å². The quantitative estimate of drug-likeness (QED) is 0.527. The van der Waals surface area contributed by atoms with Crippen molar-refractivity contribution < 1.29 is 14.7 Å². The molecule has 2 saturated carbocycles. The number of phenolic OH excluding ortho intramolecular Hbond substituents is 1. The summed E-state index contributed by atoms with van der Waals surface area (Å²) in [5, 5.41) is 22.9. The molecule has 0 unspecified atom stereocenters. The van der Waals surface area contributed by atoms with E-state index in [-0.39, 0.29) is 23.7 Å². The number of aromatic nitrogens is 2. The second-order valence-corrected chi connectivity index (χ2v) is 9.18. The number of phenols is 1. The van der Waals surface area contributed by atoms with Crippen molar-refractivity contribution in [3.8, 4) is 17.0 Å². The zero-order chi connectivity index (χ0) is 21.4. The van der Waals surface area contributed by atoms with Gasteiger partial charge in [0.15, 0.2) is 0 Å². The SMILES string of the molecule is O=C(Nc1ccc(-c2cc(C3CCCC3)n(C(=O)NC3CC3)n2)c(O)c1)c1cccs1. The van der Waals surface area contributed by atoms with E-state index in [1.165, 1.54) is 22.1 Å². The molecular weight excluding hydrogens is 412 g/mol. The van der Waals surface area contributed by atoms with Gasteiger partial charge in [-0.25, -0.2) is 4.79 Å². The number of hydrogen-bond donors (Lipinski definition) is 3. The molecule has 0 radical (unpaired) electrons. The van der Waals surface area contributed by atoms with Crippen molar-refractivity contribution in [3.05, 3.63) is 52.3 Å². The van der Waals surface area contributed by atoms with Crippen molar-refractivity contribution >= 4 is 29.0 Å². The summed E-state index contributed by atoms with van der Waals surface area (Å²) in [7, 11) is 0. The van der Waals surface area contributed by atoms with Crippen molar-refractivity contribution in [3.63, 3.8) is 0 Å². The lowest BCUT2D eigenvalue weighted by Crippen LogP contribution is -2.32. The van der Waals surface area contributed by atoms with Gasteiger partial charge in [-0.2, -0.15) is 9.78 Å². The van der Waals surface area contributed by atoms with Gasteiger partial charge in [-0.05, 0) is 55.3 Å². The number of rotatable bonds is 5. The summed E-state index contributed by atoms with van der Waals surface area (Å²) < 4.78 is 1.48. The molecular formula is C23H24N4O3S. The Labute approximate surface area is 184 Å². The van der Waals surface area contributed by atoms with E-state index in [0.29, 0.717) is 27.7 Å². The Balaban J connectivity index is 1.42. The number of aromatic hydroxyl groups is 1. The lowest BCUT2D eigenvalue weighted by Gasteiger charge is -2.11. The molecule has 2 heterocycles. The van der Waals surface area contributed by atoms with Crippen LogP contribution in [0.1, 0.15) is 59.8 Å². The first kappa shape index (κ1) is 19.8. The highest BCUT2D eigenvalue weighted by Crippen LogP contribution is 2.38. The van der Waals surface area contributed by atoms with Gasteiger partial charge in [0, 0.05) is 29.3 Å². The summed E-state index contributed by atoms with van der Waals surface area (Å²) in [6, 6.07) is 10.5. The third kappa shape index (κ3) is 4.20. The lowest BCUT2D eigenvalue weighted by molar-refractivity contribution is 0.103. The second kappa shape index (κ2) is 8.19. The molecule has 5 rings (SSSR count). The minimum atomic E-state index is -0.216. The molecule has 160 valence electrons. The number of nitrogens with zero attached hydrogens (tertiary/aromatic N) is 2. The summed E-state index contributed by atoms with van der Waals surface area (Å²) in [4.78, 5) is 25.6. The van der Waals surface area contributed by atoms with Crippen LogP contribution in [-0.4, -0.2) is 32.9 Å². The van der Waals surface area contributed by atoms with Crippen LogP contribution in [0.15, 0.2) is 41.8 Å². The number of anilines is 1. The average molecular weight is 437 g/mol. The summed E-state index contributed by atoms with van der Waals surface area (Å²) >= 11 is 1.36. The summed E-state index contributed by atoms with van der Waals surface area (Å²) in [5.41, 5.74) is 2.49. The van der Waals surface area contributed by atoms with E-state index >= 15 is 0 Å². The lowest BCUT2D eigenvalue weighted by atomic mass is 10.0. The Morgan fingerprint density at radius 3 is 2.58 bits per heavy atom. The van der Waals surface area contributed by atoms with Crippen molar-refractivity contribution in [2.24, 2.45) is 0 Å². The molecule has 8 heteroatoms. The Bertz CT molecular complexity index is 1110. The monoisotopic (exact) mass is 436 g/mol. The van der Waals surface area contributed by atoms with Gasteiger partial charge in [-0.15, -0.1) is 11.3 Å². The molecule has 2 amide bonds. The van der Waals surface area contributed by atoms with Gasteiger partial charge < -0.3 is 15.7 Å². The molecule has 2 fully saturated rings. The van der Waals surface area contributed by atoms with Crippen LogP contribution in [0.3, 0.4) is 0 Å². The number of nitrogens with one attached hydrogen (secondary N) is 2. The molecule has 3 aromatic rings. The van der Waals surface area contributed by atoms with E-state index in [1.54, 1.807) is 18.2 Å². The van der Waals surface area contributed by atoms with Crippen LogP contribution < -0.4 is 10.6 Å². The van der Waals surface area contributed by atoms with Gasteiger partial charge in [0.05, 0.1) is 16.3 Å². The molecule has 3 N–H and O–H groups in total. The normalized spacial score (nSPS) is 16.4. The first-order valence-corrected chi connectivity index (χ1v) is 11.6. The van der Waals surface area contributed by atoms with E-state index in [9.17, 15) is 14.7 Å². The Kier molecular flexibility index (Phi) is 5.23. The molecule has 0 aliphatic heterocycles. The number of benzene rings is 1. The van der Waals surface area contributed by atoms with E-state index in [0.717, 1.165) is 44.2 Å². The van der Waals surface area contributed by atoms with Crippen LogP contribution >= 0.6 is 11.3 Å². The maximum Gasteiger partial charge on any atom is 0.342 e. The molecule has 0 saturated heterocycles. The summed E-state index contributed by atoms with van der Waals surface area (Å²) in [6.07, 6.45) is 6.41. The minimum Gasteiger partial charge on any atom is -0.507 e. The van der Waals surface area contributed by atoms with Gasteiger partial charge >= 0.3 is 6.03 Å². The van der Waals surface area contributed by atoms with Crippen LogP contribution in [0.4, 0.5) is 10.5 Å². The molecule has 0 atom stereocenters. The van der Waals surface area contributed by atoms with Gasteiger partial charge in [0.25, 0.3) is 5.91 Å². The van der Waals surface area contributed by atoms with Crippen LogP contribution in [0.25, 0.3) is 11.3 Å². The maximum atomic E-state index is 12.8. The highest BCUT2D eigenvalue weighted by Gasteiger charge is 2.29. The average Bonchev–Trinajstić information content (AvgIpc) is 3.22. The number of thiophene rings is 1. The third-order valence-corrected chi connectivity index (χ3v) is 6.75. The summed E-state index contributed by atoms with van der Waals surface area (Å²) in [5.74, 6) is 0.0959. The molecule has 7 nitrogen and oxygen atoms in total. The summed E-state index contributed by atoms with van der Waals surface area (Å²) in [6.45, 7) is 0. The van der Waals surface area contributed by atoms with E-state index in [2.05, 4.69) is 15.7 Å². The van der Waals surface area contributed by atoms with Crippen molar-refractivity contribution in [1.29, 1.82) is 0 Å². The van der Waals surface area contributed by atoms with Gasteiger partial charge in [0.2, 0.25) is 0 Å². The fraction of sp³-hybridized carbons (Fsp3) is 0.348. The fourth-order valence-corrected chi connectivity index (χ4v) is 4.71. The number of amides is 2. The molecule has 0 bridgehead atoms. The standard InChI is InChI=1S/C23H24N4O3S/c28-20-12-16(24-22(29)21-6-3-11-31-21)9-10-17(20)18-13-19(14-4-1-2-5-14)27(26-18)23(30)25-15-7-8-15/h3,6,9-15,28H,1-2,4-5,7-8H2,(H,24,29)(H,25,30). The first-order chi connectivity index (χ1) is 15.1. The Hall–Kier alpha value is -3.13. The highest BCUT2D eigenvalue weighted by atomic mass is 32.1. The van der Waals surface area contributed by atoms with Crippen molar-refractivity contribution in [1.82, 2.24) is 15.1 Å².